The zero-order chi connectivity index (χ0) is 10.1. The monoisotopic (exact) mass is 252 g/mol. The highest BCUT2D eigenvalue weighted by molar-refractivity contribution is 6.48. The van der Waals surface area contributed by atoms with Crippen LogP contribution >= 0.6 is 34.8 Å². The summed E-state index contributed by atoms with van der Waals surface area (Å²) in [4.78, 5) is -0.642. The van der Waals surface area contributed by atoms with Crippen LogP contribution < -0.4 is 9.47 Å². The molecule has 1 aliphatic rings. The van der Waals surface area contributed by atoms with E-state index in [1.165, 1.54) is 0 Å². The van der Waals surface area contributed by atoms with Gasteiger partial charge in [-0.2, -0.15) is 0 Å². The molecule has 0 bridgehead atoms. The van der Waals surface area contributed by atoms with Crippen molar-refractivity contribution < 1.29 is 9.47 Å². The maximum absolute atomic E-state index is 5.98. The van der Waals surface area contributed by atoms with E-state index in [2.05, 4.69) is 0 Å². The van der Waals surface area contributed by atoms with Crippen molar-refractivity contribution in [3.63, 3.8) is 0 Å². The van der Waals surface area contributed by atoms with Gasteiger partial charge in [0.25, 0.3) is 0 Å². The Balaban J connectivity index is 2.28. The molecule has 76 valence electrons. The van der Waals surface area contributed by atoms with Gasteiger partial charge in [0.1, 0.15) is 4.84 Å². The summed E-state index contributed by atoms with van der Waals surface area (Å²) in [6.07, 6.45) is 0. The summed E-state index contributed by atoms with van der Waals surface area (Å²) in [6, 6.07) is 5.41. The van der Waals surface area contributed by atoms with Gasteiger partial charge in [0, 0.05) is 0 Å². The van der Waals surface area contributed by atoms with E-state index in [0.717, 1.165) is 11.3 Å². The fourth-order valence-electron chi connectivity index (χ4n) is 1.23. The third kappa shape index (κ3) is 1.88. The minimum atomic E-state index is -0.642. The molecule has 0 radical (unpaired) electrons. The third-order valence-corrected chi connectivity index (χ3v) is 3.20. The van der Waals surface area contributed by atoms with Crippen LogP contribution in [-0.4, -0.2) is 11.6 Å². The minimum Gasteiger partial charge on any atom is -0.454 e. The molecular weight excluding hydrogens is 246 g/mol. The van der Waals surface area contributed by atoms with E-state index in [1.54, 1.807) is 12.1 Å². The van der Waals surface area contributed by atoms with E-state index in [-0.39, 0.29) is 6.79 Å². The first-order valence-electron chi connectivity index (χ1n) is 4.00. The first-order chi connectivity index (χ1) is 6.68. The Morgan fingerprint density at radius 2 is 1.79 bits per heavy atom. The lowest BCUT2D eigenvalue weighted by atomic mass is 10.1. The number of benzene rings is 1. The van der Waals surface area contributed by atoms with Crippen LogP contribution in [0.1, 0.15) is 10.9 Å². The van der Waals surface area contributed by atoms with Gasteiger partial charge in [-0.25, -0.2) is 0 Å². The van der Waals surface area contributed by atoms with Crippen molar-refractivity contribution in [1.82, 2.24) is 0 Å². The summed E-state index contributed by atoms with van der Waals surface area (Å²) in [7, 11) is 0. The molecule has 5 heteroatoms. The van der Waals surface area contributed by atoms with Gasteiger partial charge >= 0.3 is 0 Å². The number of hydrogen-bond acceptors (Lipinski definition) is 2. The second kappa shape index (κ2) is 4.05. The van der Waals surface area contributed by atoms with E-state index < -0.39 is 10.2 Å². The normalized spacial score (nSPS) is 16.0. The standard InChI is InChI=1S/C9H7Cl3O2/c10-8(9(11)12)5-1-2-6-7(3-5)14-4-13-6/h1-3,8-9H,4H2. The van der Waals surface area contributed by atoms with Crippen molar-refractivity contribution >= 4 is 34.8 Å². The Hall–Kier alpha value is -0.310. The molecule has 0 amide bonds. The lowest BCUT2D eigenvalue weighted by Crippen LogP contribution is -1.99. The molecule has 14 heavy (non-hydrogen) atoms. The summed E-state index contributed by atoms with van der Waals surface area (Å²) in [6.45, 7) is 0.247. The fraction of sp³-hybridized carbons (Fsp3) is 0.333. The first kappa shape index (κ1) is 10.2. The average Bonchev–Trinajstić information content (AvgIpc) is 2.62. The number of hydrogen-bond donors (Lipinski definition) is 0. The molecule has 0 N–H and O–H groups in total. The summed E-state index contributed by atoms with van der Waals surface area (Å²) in [5, 5.41) is -0.437. The number of alkyl halides is 3. The highest BCUT2D eigenvalue weighted by atomic mass is 35.5. The van der Waals surface area contributed by atoms with Crippen molar-refractivity contribution in [3.05, 3.63) is 23.8 Å². The van der Waals surface area contributed by atoms with Gasteiger partial charge in [-0.05, 0) is 17.7 Å². The highest BCUT2D eigenvalue weighted by Gasteiger charge is 2.20. The van der Waals surface area contributed by atoms with Crippen LogP contribution in [0.2, 0.25) is 0 Å². The van der Waals surface area contributed by atoms with Crippen molar-refractivity contribution in [2.75, 3.05) is 6.79 Å². The summed E-state index contributed by atoms with van der Waals surface area (Å²) >= 11 is 17.3. The quantitative estimate of drug-likeness (QED) is 0.751. The molecule has 0 saturated carbocycles. The second-order valence-electron chi connectivity index (χ2n) is 2.85. The summed E-state index contributed by atoms with van der Waals surface area (Å²) in [5.41, 5.74) is 0.825. The van der Waals surface area contributed by atoms with Gasteiger partial charge in [-0.15, -0.1) is 34.8 Å². The van der Waals surface area contributed by atoms with Crippen LogP contribution in [0.15, 0.2) is 18.2 Å². The first-order valence-corrected chi connectivity index (χ1v) is 5.31. The zero-order valence-electron chi connectivity index (χ0n) is 7.04. The number of fused-ring (bicyclic) bond motifs is 1. The Morgan fingerprint density at radius 1 is 1.07 bits per heavy atom. The van der Waals surface area contributed by atoms with Gasteiger partial charge in [0.15, 0.2) is 11.5 Å². The Kier molecular flexibility index (Phi) is 2.96. The van der Waals surface area contributed by atoms with Crippen LogP contribution in [0.25, 0.3) is 0 Å². The summed E-state index contributed by atoms with van der Waals surface area (Å²) in [5.74, 6) is 1.40. The lowest BCUT2D eigenvalue weighted by molar-refractivity contribution is 0.174. The fourth-order valence-corrected chi connectivity index (χ4v) is 1.66. The molecule has 2 nitrogen and oxygen atoms in total. The lowest BCUT2D eigenvalue weighted by Gasteiger charge is -2.10. The average molecular weight is 254 g/mol. The van der Waals surface area contributed by atoms with Gasteiger partial charge in [-0.3, -0.25) is 0 Å². The van der Waals surface area contributed by atoms with Crippen LogP contribution in [0.4, 0.5) is 0 Å². The van der Waals surface area contributed by atoms with E-state index >= 15 is 0 Å². The predicted molar refractivity (Wildman–Crippen MR) is 56.7 cm³/mol. The molecule has 1 unspecified atom stereocenters. The molecule has 1 aromatic carbocycles. The summed E-state index contributed by atoms with van der Waals surface area (Å²) < 4.78 is 10.4. The van der Waals surface area contributed by atoms with Gasteiger partial charge < -0.3 is 9.47 Å². The largest absolute Gasteiger partial charge is 0.454 e. The van der Waals surface area contributed by atoms with Crippen molar-refractivity contribution in [2.24, 2.45) is 0 Å². The molecule has 0 spiro atoms. The van der Waals surface area contributed by atoms with E-state index in [0.29, 0.717) is 5.75 Å². The molecule has 0 saturated heterocycles. The number of ether oxygens (including phenoxy) is 2. The van der Waals surface area contributed by atoms with Crippen molar-refractivity contribution in [3.8, 4) is 11.5 Å². The SMILES string of the molecule is ClC(Cl)C(Cl)c1ccc2c(c1)OCO2. The molecule has 1 aromatic rings. The molecular formula is C9H7Cl3O2. The van der Waals surface area contributed by atoms with E-state index in [9.17, 15) is 0 Å². The van der Waals surface area contributed by atoms with Crippen LogP contribution in [-0.2, 0) is 0 Å². The molecule has 0 aromatic heterocycles. The molecule has 2 rings (SSSR count). The van der Waals surface area contributed by atoms with Gasteiger partial charge in [0.05, 0.1) is 5.38 Å². The third-order valence-electron chi connectivity index (χ3n) is 1.94. The van der Waals surface area contributed by atoms with Crippen LogP contribution in [0.5, 0.6) is 11.5 Å². The Labute approximate surface area is 96.7 Å². The zero-order valence-corrected chi connectivity index (χ0v) is 9.31. The Morgan fingerprint density at radius 3 is 2.50 bits per heavy atom. The molecule has 0 fully saturated rings. The molecule has 1 aliphatic heterocycles. The van der Waals surface area contributed by atoms with Crippen LogP contribution in [0.3, 0.4) is 0 Å². The number of halogens is 3. The molecule has 1 heterocycles. The number of rotatable bonds is 2. The maximum Gasteiger partial charge on any atom is 0.231 e. The minimum absolute atomic E-state index is 0.247. The molecule has 0 aliphatic carbocycles. The highest BCUT2D eigenvalue weighted by Crippen LogP contribution is 2.38. The Bertz CT molecular complexity index is 341. The van der Waals surface area contributed by atoms with E-state index in [1.807, 2.05) is 6.07 Å². The maximum atomic E-state index is 5.98. The molecule has 1 atom stereocenters. The second-order valence-corrected chi connectivity index (χ2v) is 4.48. The van der Waals surface area contributed by atoms with Crippen molar-refractivity contribution in [2.45, 2.75) is 10.2 Å². The topological polar surface area (TPSA) is 18.5 Å². The van der Waals surface area contributed by atoms with Crippen molar-refractivity contribution in [1.29, 1.82) is 0 Å². The van der Waals surface area contributed by atoms with E-state index in [4.69, 9.17) is 44.3 Å². The van der Waals surface area contributed by atoms with Crippen LogP contribution in [0, 0.1) is 0 Å². The smallest absolute Gasteiger partial charge is 0.231 e. The van der Waals surface area contributed by atoms with Gasteiger partial charge in [0.2, 0.25) is 6.79 Å². The van der Waals surface area contributed by atoms with Gasteiger partial charge in [-0.1, -0.05) is 6.07 Å². The predicted octanol–water partition coefficient (Wildman–Crippen LogP) is 3.50.